The fourth-order valence-corrected chi connectivity index (χ4v) is 1.23. The summed E-state index contributed by atoms with van der Waals surface area (Å²) in [6.45, 7) is 3.99. The topological polar surface area (TPSA) is 44.2 Å². The first-order valence-electron chi connectivity index (χ1n) is 4.33. The van der Waals surface area contributed by atoms with Crippen molar-refractivity contribution < 1.29 is 9.31 Å². The third-order valence-electron chi connectivity index (χ3n) is 2.19. The third-order valence-corrected chi connectivity index (χ3v) is 2.19. The molecule has 1 aromatic heterocycles. The lowest BCUT2D eigenvalue weighted by atomic mass is 9.82. The second-order valence-electron chi connectivity index (χ2n) is 3.19. The van der Waals surface area contributed by atoms with Gasteiger partial charge in [0.25, 0.3) is 0 Å². The van der Waals surface area contributed by atoms with E-state index in [2.05, 4.69) is 9.97 Å². The van der Waals surface area contributed by atoms with E-state index < -0.39 is 0 Å². The Bertz CT molecular complexity index is 273. The van der Waals surface area contributed by atoms with E-state index in [1.807, 2.05) is 13.8 Å². The highest BCUT2D eigenvalue weighted by Crippen LogP contribution is 2.14. The van der Waals surface area contributed by atoms with Crippen molar-refractivity contribution in [2.45, 2.75) is 26.1 Å². The highest BCUT2D eigenvalue weighted by atomic mass is 16.7. The van der Waals surface area contributed by atoms with Crippen LogP contribution in [0.4, 0.5) is 0 Å². The first-order chi connectivity index (χ1) is 6.27. The molecule has 0 aromatic carbocycles. The number of nitrogens with zero attached hydrogens (tertiary/aromatic N) is 2. The largest absolute Gasteiger partial charge is 0.497 e. The second-order valence-corrected chi connectivity index (χ2v) is 3.19. The summed E-state index contributed by atoms with van der Waals surface area (Å²) in [5.41, 5.74) is 0.874. The van der Waals surface area contributed by atoms with Gasteiger partial charge in [-0.15, -0.1) is 0 Å². The van der Waals surface area contributed by atoms with E-state index in [-0.39, 0.29) is 19.3 Å². The SMILES string of the molecule is CC1OB(c2cncnc2)OC1C. The molecule has 2 heterocycles. The van der Waals surface area contributed by atoms with Gasteiger partial charge in [0.05, 0.1) is 12.2 Å². The smallest absolute Gasteiger partial charge is 0.402 e. The molecule has 0 bridgehead atoms. The Balaban J connectivity index is 2.12. The fraction of sp³-hybridized carbons (Fsp3) is 0.500. The van der Waals surface area contributed by atoms with E-state index >= 15 is 0 Å². The van der Waals surface area contributed by atoms with Crippen molar-refractivity contribution in [1.82, 2.24) is 9.97 Å². The molecule has 1 aromatic rings. The summed E-state index contributed by atoms with van der Waals surface area (Å²) >= 11 is 0. The summed E-state index contributed by atoms with van der Waals surface area (Å²) in [5, 5.41) is 0. The minimum Gasteiger partial charge on any atom is -0.402 e. The van der Waals surface area contributed by atoms with Gasteiger partial charge >= 0.3 is 7.12 Å². The van der Waals surface area contributed by atoms with Gasteiger partial charge in [-0.25, -0.2) is 9.97 Å². The first-order valence-corrected chi connectivity index (χ1v) is 4.33. The van der Waals surface area contributed by atoms with Gasteiger partial charge in [-0.1, -0.05) is 0 Å². The molecule has 2 atom stereocenters. The van der Waals surface area contributed by atoms with Crippen molar-refractivity contribution in [3.63, 3.8) is 0 Å². The van der Waals surface area contributed by atoms with Crippen LogP contribution in [0.5, 0.6) is 0 Å². The van der Waals surface area contributed by atoms with Crippen LogP contribution in [0.15, 0.2) is 18.7 Å². The minimum atomic E-state index is -0.300. The molecule has 2 rings (SSSR count). The molecule has 1 saturated heterocycles. The molecule has 0 radical (unpaired) electrons. The first kappa shape index (κ1) is 8.65. The average molecular weight is 178 g/mol. The van der Waals surface area contributed by atoms with Gasteiger partial charge in [0.1, 0.15) is 6.33 Å². The lowest BCUT2D eigenvalue weighted by molar-refractivity contribution is 0.187. The van der Waals surface area contributed by atoms with Crippen LogP contribution in [0.25, 0.3) is 0 Å². The molecule has 0 N–H and O–H groups in total. The standard InChI is InChI=1S/C8H11BN2O2/c1-6-7(2)13-9(12-6)8-3-10-5-11-4-8/h3-7H,1-2H3. The van der Waals surface area contributed by atoms with Crippen LogP contribution in [0.3, 0.4) is 0 Å². The normalized spacial score (nSPS) is 28.0. The molecule has 1 aliphatic rings. The summed E-state index contributed by atoms with van der Waals surface area (Å²) in [4.78, 5) is 7.82. The van der Waals surface area contributed by atoms with Crippen LogP contribution in [0, 0.1) is 0 Å². The van der Waals surface area contributed by atoms with E-state index in [1.54, 1.807) is 12.4 Å². The van der Waals surface area contributed by atoms with Gasteiger partial charge in [0.15, 0.2) is 0 Å². The maximum atomic E-state index is 5.56. The van der Waals surface area contributed by atoms with E-state index in [9.17, 15) is 0 Å². The zero-order chi connectivity index (χ0) is 9.26. The summed E-state index contributed by atoms with van der Waals surface area (Å²) in [6, 6.07) is 0. The lowest BCUT2D eigenvalue weighted by Crippen LogP contribution is -2.33. The van der Waals surface area contributed by atoms with Gasteiger partial charge in [0.2, 0.25) is 0 Å². The average Bonchev–Trinajstić information content (AvgIpc) is 2.49. The quantitative estimate of drug-likeness (QED) is 0.567. The fourth-order valence-electron chi connectivity index (χ4n) is 1.23. The molecule has 0 spiro atoms. The summed E-state index contributed by atoms with van der Waals surface area (Å²) in [7, 11) is -0.300. The maximum Gasteiger partial charge on any atom is 0.497 e. The lowest BCUT2D eigenvalue weighted by Gasteiger charge is -2.04. The highest BCUT2D eigenvalue weighted by molar-refractivity contribution is 6.61. The maximum absolute atomic E-state index is 5.56. The summed E-state index contributed by atoms with van der Waals surface area (Å²) < 4.78 is 11.1. The van der Waals surface area contributed by atoms with Crippen LogP contribution in [-0.2, 0) is 9.31 Å². The van der Waals surface area contributed by atoms with Crippen molar-refractivity contribution in [3.05, 3.63) is 18.7 Å². The molecule has 0 saturated carbocycles. The van der Waals surface area contributed by atoms with Crippen molar-refractivity contribution in [1.29, 1.82) is 0 Å². The van der Waals surface area contributed by atoms with E-state index in [1.165, 1.54) is 6.33 Å². The van der Waals surface area contributed by atoms with Crippen molar-refractivity contribution in [2.24, 2.45) is 0 Å². The van der Waals surface area contributed by atoms with Crippen molar-refractivity contribution >= 4 is 12.6 Å². The van der Waals surface area contributed by atoms with E-state index in [0.717, 1.165) is 5.46 Å². The number of hydrogen-bond acceptors (Lipinski definition) is 4. The Morgan fingerprint density at radius 3 is 2.23 bits per heavy atom. The van der Waals surface area contributed by atoms with Gasteiger partial charge in [-0.2, -0.15) is 0 Å². The summed E-state index contributed by atoms with van der Waals surface area (Å²) in [6.07, 6.45) is 5.17. The molecular formula is C8H11BN2O2. The van der Waals surface area contributed by atoms with Crippen LogP contribution in [-0.4, -0.2) is 29.3 Å². The Labute approximate surface area is 77.4 Å². The molecule has 0 aliphatic carbocycles. The third kappa shape index (κ3) is 1.71. The number of aromatic nitrogens is 2. The van der Waals surface area contributed by atoms with Crippen LogP contribution in [0.2, 0.25) is 0 Å². The highest BCUT2D eigenvalue weighted by Gasteiger charge is 2.36. The molecule has 2 unspecified atom stereocenters. The molecule has 13 heavy (non-hydrogen) atoms. The Morgan fingerprint density at radius 1 is 1.15 bits per heavy atom. The zero-order valence-electron chi connectivity index (χ0n) is 7.68. The van der Waals surface area contributed by atoms with E-state index in [0.29, 0.717) is 0 Å². The van der Waals surface area contributed by atoms with Gasteiger partial charge < -0.3 is 9.31 Å². The molecule has 1 fully saturated rings. The van der Waals surface area contributed by atoms with Crippen molar-refractivity contribution in [2.75, 3.05) is 0 Å². The summed E-state index contributed by atoms with van der Waals surface area (Å²) in [5.74, 6) is 0. The molecule has 1 aliphatic heterocycles. The minimum absolute atomic E-state index is 0.130. The van der Waals surface area contributed by atoms with Crippen LogP contribution < -0.4 is 5.46 Å². The predicted molar refractivity (Wildman–Crippen MR) is 48.5 cm³/mol. The molecule has 5 heteroatoms. The Morgan fingerprint density at radius 2 is 1.69 bits per heavy atom. The van der Waals surface area contributed by atoms with Gasteiger partial charge in [0, 0.05) is 17.9 Å². The van der Waals surface area contributed by atoms with Gasteiger partial charge in [-0.3, -0.25) is 0 Å². The Hall–Kier alpha value is -0.935. The monoisotopic (exact) mass is 178 g/mol. The van der Waals surface area contributed by atoms with E-state index in [4.69, 9.17) is 9.31 Å². The number of hydrogen-bond donors (Lipinski definition) is 0. The Kier molecular flexibility index (Phi) is 2.29. The molecule has 68 valence electrons. The number of rotatable bonds is 1. The molecule has 0 amide bonds. The zero-order valence-corrected chi connectivity index (χ0v) is 7.68. The van der Waals surface area contributed by atoms with Crippen LogP contribution >= 0.6 is 0 Å². The van der Waals surface area contributed by atoms with Gasteiger partial charge in [-0.05, 0) is 13.8 Å². The van der Waals surface area contributed by atoms with Crippen LogP contribution in [0.1, 0.15) is 13.8 Å². The predicted octanol–water partition coefficient (Wildman–Crippen LogP) is -0.00440. The van der Waals surface area contributed by atoms with Crippen molar-refractivity contribution in [3.8, 4) is 0 Å². The second kappa shape index (κ2) is 3.43. The molecular weight excluding hydrogens is 167 g/mol. The molecule has 4 nitrogen and oxygen atoms in total.